The van der Waals surface area contributed by atoms with Gasteiger partial charge in [-0.15, -0.1) is 0 Å². The number of aromatic nitrogens is 4. The van der Waals surface area contributed by atoms with Crippen molar-refractivity contribution in [2.24, 2.45) is 0 Å². The summed E-state index contributed by atoms with van der Waals surface area (Å²) in [7, 11) is -16.8. The van der Waals surface area contributed by atoms with Crippen LogP contribution in [0.3, 0.4) is 0 Å². The van der Waals surface area contributed by atoms with Gasteiger partial charge in [-0.3, -0.25) is 14.1 Å². The summed E-state index contributed by atoms with van der Waals surface area (Å²) in [5.41, 5.74) is 9.94. The Kier molecular flexibility index (Phi) is 8.75. The Morgan fingerprint density at radius 3 is 2.39 bits per heavy atom. The molecule has 5 atom stereocenters. The zero-order valence-corrected chi connectivity index (χ0v) is 21.2. The molecule has 0 radical (unpaired) electrons. The van der Waals surface area contributed by atoms with Crippen LogP contribution in [0, 0.1) is 11.8 Å². The smallest absolute Gasteiger partial charge is 0.390 e. The molecule has 0 spiro atoms. The van der Waals surface area contributed by atoms with Gasteiger partial charge in [-0.2, -0.15) is 13.6 Å². The number of nitrogens with one attached hydrogen (secondary N) is 1. The van der Waals surface area contributed by atoms with Crippen molar-refractivity contribution in [2.75, 3.05) is 18.1 Å². The van der Waals surface area contributed by atoms with Crippen molar-refractivity contribution in [1.82, 2.24) is 19.5 Å². The van der Waals surface area contributed by atoms with E-state index in [9.17, 15) is 38.2 Å². The fourth-order valence-electron chi connectivity index (χ4n) is 2.93. The molecule has 0 aliphatic carbocycles. The number of nitrogen functional groups attached to an aromatic ring is 2. The molecule has 0 aromatic carbocycles. The minimum atomic E-state index is -5.74. The van der Waals surface area contributed by atoms with Gasteiger partial charge in [0.2, 0.25) is 0 Å². The number of rotatable bonds is 8. The molecule has 2 aromatic rings. The zero-order chi connectivity index (χ0) is 28.5. The predicted octanol–water partition coefficient (Wildman–Crippen LogP) is -2.12. The molecule has 3 rings (SSSR count). The Bertz CT molecular complexity index is 1540. The van der Waals surface area contributed by atoms with Crippen LogP contribution < -0.4 is 22.8 Å². The minimum Gasteiger partial charge on any atom is -0.390 e. The zero-order valence-electron chi connectivity index (χ0n) is 18.5. The number of nitrogens with zero attached hydrogens (tertiary/aromatic N) is 3. The molecule has 1 aliphatic rings. The van der Waals surface area contributed by atoms with Gasteiger partial charge in [-0.25, -0.2) is 28.3 Å². The van der Waals surface area contributed by atoms with Crippen LogP contribution in [-0.4, -0.2) is 63.0 Å². The normalized spacial score (nSPS) is 22.7. The molecule has 23 heteroatoms. The summed E-state index contributed by atoms with van der Waals surface area (Å²) in [5, 5.41) is 10.2. The van der Waals surface area contributed by atoms with Crippen LogP contribution in [-0.2, 0) is 31.6 Å². The van der Waals surface area contributed by atoms with Crippen molar-refractivity contribution in [3.8, 4) is 11.8 Å². The Morgan fingerprint density at radius 1 is 1.11 bits per heavy atom. The molecular formula is C15H19N6O14P3. The molecule has 3 heterocycles. The molecule has 0 saturated carbocycles. The van der Waals surface area contributed by atoms with Crippen LogP contribution in [0.1, 0.15) is 23.8 Å². The van der Waals surface area contributed by atoms with E-state index in [1.807, 2.05) is 0 Å². The average Bonchev–Trinajstić information content (AvgIpc) is 3.10. The van der Waals surface area contributed by atoms with Crippen molar-refractivity contribution < 1.29 is 56.3 Å². The van der Waals surface area contributed by atoms with Crippen molar-refractivity contribution in [3.05, 3.63) is 44.5 Å². The number of hydrogen-bond donors (Lipinski definition) is 8. The lowest BCUT2D eigenvalue weighted by atomic mass is 10.2. The number of aliphatic hydroxyl groups is 1. The number of aliphatic hydroxyl groups excluding tert-OH is 1. The molecule has 0 bridgehead atoms. The molecular weight excluding hydrogens is 581 g/mol. The lowest BCUT2D eigenvalue weighted by molar-refractivity contribution is -0.0449. The van der Waals surface area contributed by atoms with Gasteiger partial charge in [0.05, 0.1) is 30.0 Å². The molecule has 1 fully saturated rings. The Balaban J connectivity index is 1.73. The molecule has 20 nitrogen and oxygen atoms in total. The molecule has 2 aromatic heterocycles. The molecule has 38 heavy (non-hydrogen) atoms. The topological polar surface area (TPSA) is 322 Å². The van der Waals surface area contributed by atoms with Gasteiger partial charge in [-0.05, 0) is 0 Å². The quantitative estimate of drug-likeness (QED) is 0.119. The highest BCUT2D eigenvalue weighted by Crippen LogP contribution is 2.66. The van der Waals surface area contributed by atoms with Gasteiger partial charge in [0.15, 0.2) is 0 Å². The third kappa shape index (κ3) is 8.12. The fourth-order valence-corrected chi connectivity index (χ4v) is 5.96. The summed E-state index contributed by atoms with van der Waals surface area (Å²) < 4.78 is 51.9. The van der Waals surface area contributed by atoms with E-state index in [1.165, 1.54) is 0 Å². The predicted molar refractivity (Wildman–Crippen MR) is 123 cm³/mol. The monoisotopic (exact) mass is 600 g/mol. The van der Waals surface area contributed by atoms with Gasteiger partial charge in [0.25, 0.3) is 0 Å². The number of hydrogen-bond acceptors (Lipinski definition) is 14. The lowest BCUT2D eigenvalue weighted by Gasteiger charge is -2.19. The van der Waals surface area contributed by atoms with Crippen molar-refractivity contribution in [3.63, 3.8) is 0 Å². The third-order valence-corrected chi connectivity index (χ3v) is 8.29. The maximum absolute atomic E-state index is 12.4. The van der Waals surface area contributed by atoms with Crippen LogP contribution in [0.5, 0.6) is 0 Å². The summed E-state index contributed by atoms with van der Waals surface area (Å²) >= 11 is 0. The fraction of sp³-hybridized carbons (Fsp3) is 0.333. The Morgan fingerprint density at radius 2 is 1.76 bits per heavy atom. The van der Waals surface area contributed by atoms with Crippen LogP contribution >= 0.6 is 23.5 Å². The van der Waals surface area contributed by atoms with Crippen LogP contribution in [0.4, 0.5) is 11.6 Å². The number of H-pyrrole nitrogens is 1. The maximum Gasteiger partial charge on any atom is 0.490 e. The summed E-state index contributed by atoms with van der Waals surface area (Å²) in [6.45, 7) is -0.941. The van der Waals surface area contributed by atoms with Gasteiger partial charge in [0, 0.05) is 12.6 Å². The first-order valence-corrected chi connectivity index (χ1v) is 14.3. The van der Waals surface area contributed by atoms with Gasteiger partial charge in [-0.1, -0.05) is 11.8 Å². The summed E-state index contributed by atoms with van der Waals surface area (Å²) in [6.07, 6.45) is -2.01. The van der Waals surface area contributed by atoms with Crippen molar-refractivity contribution >= 4 is 35.1 Å². The third-order valence-electron chi connectivity index (χ3n) is 4.49. The molecule has 10 N–H and O–H groups in total. The molecule has 0 amide bonds. The number of phosphoric acid groups is 3. The van der Waals surface area contributed by atoms with Gasteiger partial charge >= 0.3 is 34.8 Å². The van der Waals surface area contributed by atoms with Crippen molar-refractivity contribution in [2.45, 2.75) is 24.9 Å². The van der Waals surface area contributed by atoms with Crippen LogP contribution in [0.15, 0.2) is 22.0 Å². The first-order valence-electron chi connectivity index (χ1n) is 9.82. The van der Waals surface area contributed by atoms with E-state index < -0.39 is 59.9 Å². The lowest BCUT2D eigenvalue weighted by Crippen LogP contribution is -2.29. The highest BCUT2D eigenvalue weighted by molar-refractivity contribution is 7.66. The minimum absolute atomic E-state index is 0.0185. The van der Waals surface area contributed by atoms with E-state index in [0.717, 1.165) is 17.0 Å². The standard InChI is InChI=1S/C15H19N6O14P3/c16-12-7(4-18-14(23)19-12)1-2-8-5-21(15(24)20-13(8)17)11-3-9(22)10(33-11)6-32-37(28,29)35-38(30,31)34-36(25,26)27/h4-5,9-11,22H,3,6H2,(H,28,29)(H,30,31)(H2,17,20,24)(H2,25,26,27)(H3,16,18,19,23)/t9-,10+,11+/m0/s1. The van der Waals surface area contributed by atoms with Gasteiger partial charge in [0.1, 0.15) is 24.0 Å². The molecule has 1 saturated heterocycles. The second-order valence-electron chi connectivity index (χ2n) is 7.31. The Hall–Kier alpha value is -2.75. The summed E-state index contributed by atoms with van der Waals surface area (Å²) in [6, 6.07) is 0. The van der Waals surface area contributed by atoms with E-state index in [0.29, 0.717) is 0 Å². The van der Waals surface area contributed by atoms with Crippen LogP contribution in [0.25, 0.3) is 0 Å². The van der Waals surface area contributed by atoms with E-state index in [2.05, 4.69) is 39.9 Å². The summed E-state index contributed by atoms with van der Waals surface area (Å²) in [5.74, 6) is 4.86. The highest BCUT2D eigenvalue weighted by Gasteiger charge is 2.43. The number of anilines is 2. The highest BCUT2D eigenvalue weighted by atomic mass is 31.3. The number of aromatic amines is 1. The van der Waals surface area contributed by atoms with Crippen LogP contribution in [0.2, 0.25) is 0 Å². The number of phosphoric ester groups is 1. The van der Waals surface area contributed by atoms with Gasteiger partial charge < -0.3 is 40.9 Å². The second kappa shape index (κ2) is 11.2. The summed E-state index contributed by atoms with van der Waals surface area (Å²) in [4.78, 5) is 68.7. The van der Waals surface area contributed by atoms with E-state index in [-0.39, 0.29) is 29.2 Å². The molecule has 2 unspecified atom stereocenters. The molecule has 208 valence electrons. The van der Waals surface area contributed by atoms with E-state index in [4.69, 9.17) is 26.0 Å². The largest absolute Gasteiger partial charge is 0.490 e. The maximum atomic E-state index is 12.4. The Labute approximate surface area is 210 Å². The number of ether oxygens (including phenoxy) is 1. The van der Waals surface area contributed by atoms with E-state index in [1.54, 1.807) is 0 Å². The number of nitrogens with two attached hydrogens (primary N) is 2. The average molecular weight is 600 g/mol. The second-order valence-corrected chi connectivity index (χ2v) is 11.7. The molecule has 1 aliphatic heterocycles. The van der Waals surface area contributed by atoms with E-state index >= 15 is 0 Å². The first-order chi connectivity index (χ1) is 17.4. The first kappa shape index (κ1) is 29.8. The SMILES string of the molecule is Nc1nc(=O)n([C@H]2C[C@H](O)[C@@H](COP(=O)(O)OP(=O)(O)OP(=O)(O)O)O2)cc1C#Cc1cnc(=O)[nH]c1N. The van der Waals surface area contributed by atoms with Crippen molar-refractivity contribution in [1.29, 1.82) is 0 Å².